The van der Waals surface area contributed by atoms with Gasteiger partial charge in [-0.25, -0.2) is 13.4 Å². The zero-order valence-electron chi connectivity index (χ0n) is 17.8. The number of aromatic amines is 1. The van der Waals surface area contributed by atoms with E-state index < -0.39 is 16.1 Å². The van der Waals surface area contributed by atoms with Gasteiger partial charge in [-0.15, -0.1) is 0 Å². The Morgan fingerprint density at radius 3 is 2.58 bits per heavy atom. The number of aromatic nitrogens is 2. The molecule has 2 aromatic carbocycles. The van der Waals surface area contributed by atoms with Crippen molar-refractivity contribution in [2.45, 2.75) is 44.6 Å². The summed E-state index contributed by atoms with van der Waals surface area (Å²) in [6.45, 7) is 5.88. The lowest BCUT2D eigenvalue weighted by Crippen LogP contribution is -2.43. The van der Waals surface area contributed by atoms with E-state index in [2.05, 4.69) is 15.3 Å². The van der Waals surface area contributed by atoms with Crippen LogP contribution in [0.1, 0.15) is 29.5 Å². The highest BCUT2D eigenvalue weighted by Gasteiger charge is 2.40. The van der Waals surface area contributed by atoms with Gasteiger partial charge in [0.05, 0.1) is 4.90 Å². The van der Waals surface area contributed by atoms with Crippen molar-refractivity contribution in [1.29, 1.82) is 0 Å². The van der Waals surface area contributed by atoms with E-state index in [4.69, 9.17) is 0 Å². The van der Waals surface area contributed by atoms with Crippen LogP contribution in [-0.2, 0) is 14.8 Å². The molecular formula is C23H26N4O3S. The maximum absolute atomic E-state index is 13.5. The molecule has 1 unspecified atom stereocenters. The van der Waals surface area contributed by atoms with Crippen LogP contribution >= 0.6 is 0 Å². The van der Waals surface area contributed by atoms with Crippen molar-refractivity contribution in [3.63, 3.8) is 0 Å². The number of hydrogen-bond acceptors (Lipinski definition) is 4. The summed E-state index contributed by atoms with van der Waals surface area (Å²) in [5, 5.41) is 2.89. The molecule has 0 aliphatic carbocycles. The number of H-pyrrole nitrogens is 1. The molecule has 1 amide bonds. The Morgan fingerprint density at radius 1 is 1.16 bits per heavy atom. The third-order valence-electron chi connectivity index (χ3n) is 5.58. The van der Waals surface area contributed by atoms with Gasteiger partial charge in [-0.1, -0.05) is 29.8 Å². The summed E-state index contributed by atoms with van der Waals surface area (Å²) in [6, 6.07) is 10.3. The normalized spacial score (nSPS) is 17.1. The molecule has 8 heteroatoms. The van der Waals surface area contributed by atoms with Gasteiger partial charge < -0.3 is 10.3 Å². The third kappa shape index (κ3) is 4.13. The fourth-order valence-electron chi connectivity index (χ4n) is 4.37. The van der Waals surface area contributed by atoms with Crippen molar-refractivity contribution in [2.24, 2.45) is 0 Å². The molecule has 2 N–H and O–H groups in total. The summed E-state index contributed by atoms with van der Waals surface area (Å²) in [6.07, 6.45) is 4.54. The molecule has 1 saturated heterocycles. The topological polar surface area (TPSA) is 95.2 Å². The molecule has 0 radical (unpaired) electrons. The van der Waals surface area contributed by atoms with Gasteiger partial charge in [0.15, 0.2) is 0 Å². The standard InChI is InChI=1S/C23H26N4O3S/c1-15-12-16(2)21(17(3)13-15)31(29,30)27-11-5-8-20(27)23(28)26-19-7-4-6-18(14-19)22-24-9-10-25-22/h4,6-7,9-10,12-14,20H,5,8,11H2,1-3H3,(H,24,25)(H,26,28). The number of imidazole rings is 1. The van der Waals surface area contributed by atoms with Crippen LogP contribution in [0.5, 0.6) is 0 Å². The number of aryl methyl sites for hydroxylation is 3. The minimum atomic E-state index is -3.79. The predicted molar refractivity (Wildman–Crippen MR) is 120 cm³/mol. The lowest BCUT2D eigenvalue weighted by molar-refractivity contribution is -0.119. The maximum Gasteiger partial charge on any atom is 0.244 e. The Kier molecular flexibility index (Phi) is 5.68. The van der Waals surface area contributed by atoms with E-state index in [1.165, 1.54) is 4.31 Å². The molecule has 3 aromatic rings. The number of benzene rings is 2. The largest absolute Gasteiger partial charge is 0.345 e. The molecule has 2 heterocycles. The summed E-state index contributed by atoms with van der Waals surface area (Å²) in [5.41, 5.74) is 3.86. The van der Waals surface area contributed by atoms with E-state index in [1.807, 2.05) is 37.3 Å². The second kappa shape index (κ2) is 8.28. The first-order valence-electron chi connectivity index (χ1n) is 10.3. The lowest BCUT2D eigenvalue weighted by atomic mass is 10.1. The number of hydrogen-bond donors (Lipinski definition) is 2. The number of nitrogens with zero attached hydrogens (tertiary/aromatic N) is 2. The molecule has 1 aromatic heterocycles. The van der Waals surface area contributed by atoms with Crippen LogP contribution < -0.4 is 5.32 Å². The second-order valence-electron chi connectivity index (χ2n) is 8.01. The van der Waals surface area contributed by atoms with E-state index in [0.717, 1.165) is 11.1 Å². The Hall–Kier alpha value is -2.97. The SMILES string of the molecule is Cc1cc(C)c(S(=O)(=O)N2CCCC2C(=O)Nc2cccc(-c3ncc[nH]3)c2)c(C)c1. The second-order valence-corrected chi connectivity index (χ2v) is 9.84. The monoisotopic (exact) mass is 438 g/mol. The number of carbonyl (C=O) groups excluding carboxylic acids is 1. The number of anilines is 1. The van der Waals surface area contributed by atoms with Gasteiger partial charge in [0.2, 0.25) is 15.9 Å². The average Bonchev–Trinajstić information content (AvgIpc) is 3.39. The van der Waals surface area contributed by atoms with E-state index in [-0.39, 0.29) is 5.91 Å². The van der Waals surface area contributed by atoms with Crippen LogP contribution in [-0.4, -0.2) is 41.2 Å². The number of rotatable bonds is 5. The lowest BCUT2D eigenvalue weighted by Gasteiger charge is -2.25. The molecule has 0 bridgehead atoms. The highest BCUT2D eigenvalue weighted by atomic mass is 32.2. The molecule has 0 spiro atoms. The number of sulfonamides is 1. The van der Waals surface area contributed by atoms with Crippen molar-refractivity contribution >= 4 is 21.6 Å². The molecule has 1 fully saturated rings. The first kappa shape index (κ1) is 21.3. The highest BCUT2D eigenvalue weighted by Crippen LogP contribution is 2.31. The fourth-order valence-corrected chi connectivity index (χ4v) is 6.45. The minimum absolute atomic E-state index is 0.303. The van der Waals surface area contributed by atoms with E-state index >= 15 is 0 Å². The van der Waals surface area contributed by atoms with Crippen molar-refractivity contribution in [2.75, 3.05) is 11.9 Å². The van der Waals surface area contributed by atoms with Gasteiger partial charge in [-0.3, -0.25) is 4.79 Å². The summed E-state index contributed by atoms with van der Waals surface area (Å²) < 4.78 is 28.3. The van der Waals surface area contributed by atoms with E-state index in [1.54, 1.807) is 32.3 Å². The Morgan fingerprint density at radius 2 is 1.90 bits per heavy atom. The summed E-state index contributed by atoms with van der Waals surface area (Å²) >= 11 is 0. The van der Waals surface area contributed by atoms with Crippen LogP contribution in [0.15, 0.2) is 53.7 Å². The van der Waals surface area contributed by atoms with E-state index in [9.17, 15) is 13.2 Å². The summed E-state index contributed by atoms with van der Waals surface area (Å²) in [5.74, 6) is 0.381. The first-order valence-corrected chi connectivity index (χ1v) is 11.7. The van der Waals surface area contributed by atoms with Gasteiger partial charge >= 0.3 is 0 Å². The third-order valence-corrected chi connectivity index (χ3v) is 7.79. The molecule has 1 atom stereocenters. The average molecular weight is 439 g/mol. The molecular weight excluding hydrogens is 412 g/mol. The first-order chi connectivity index (χ1) is 14.8. The molecule has 0 saturated carbocycles. The van der Waals surface area contributed by atoms with Gasteiger partial charge in [0.25, 0.3) is 0 Å². The van der Waals surface area contributed by atoms with Crippen molar-refractivity contribution in [3.05, 3.63) is 65.5 Å². The minimum Gasteiger partial charge on any atom is -0.345 e. The molecule has 4 rings (SSSR count). The Labute approximate surface area is 182 Å². The maximum atomic E-state index is 13.5. The number of nitrogens with one attached hydrogen (secondary N) is 2. The van der Waals surface area contributed by atoms with Gasteiger partial charge in [-0.05, 0) is 56.9 Å². The smallest absolute Gasteiger partial charge is 0.244 e. The number of amides is 1. The Balaban J connectivity index is 1.59. The Bertz CT molecular complexity index is 1200. The zero-order valence-corrected chi connectivity index (χ0v) is 18.7. The van der Waals surface area contributed by atoms with Crippen LogP contribution in [0.2, 0.25) is 0 Å². The molecule has 162 valence electrons. The van der Waals surface area contributed by atoms with Crippen LogP contribution in [0.3, 0.4) is 0 Å². The van der Waals surface area contributed by atoms with Gasteiger partial charge in [0, 0.05) is 30.2 Å². The molecule has 7 nitrogen and oxygen atoms in total. The summed E-state index contributed by atoms with van der Waals surface area (Å²) in [4.78, 5) is 20.7. The molecule has 1 aliphatic rings. The quantitative estimate of drug-likeness (QED) is 0.634. The highest BCUT2D eigenvalue weighted by molar-refractivity contribution is 7.89. The molecule has 31 heavy (non-hydrogen) atoms. The van der Waals surface area contributed by atoms with Crippen molar-refractivity contribution in [3.8, 4) is 11.4 Å². The summed E-state index contributed by atoms with van der Waals surface area (Å²) in [7, 11) is -3.79. The van der Waals surface area contributed by atoms with Crippen molar-refractivity contribution < 1.29 is 13.2 Å². The predicted octanol–water partition coefficient (Wildman–Crippen LogP) is 3.79. The fraction of sp³-hybridized carbons (Fsp3) is 0.304. The van der Waals surface area contributed by atoms with Crippen molar-refractivity contribution in [1.82, 2.24) is 14.3 Å². The van der Waals surface area contributed by atoms with Gasteiger partial charge in [-0.2, -0.15) is 4.31 Å². The van der Waals surface area contributed by atoms with Crippen LogP contribution in [0.4, 0.5) is 5.69 Å². The van der Waals surface area contributed by atoms with E-state index in [0.29, 0.717) is 46.9 Å². The number of carbonyl (C=O) groups is 1. The zero-order chi connectivity index (χ0) is 22.2. The molecule has 1 aliphatic heterocycles. The van der Waals surface area contributed by atoms with Crippen LogP contribution in [0, 0.1) is 20.8 Å². The van der Waals surface area contributed by atoms with Crippen LogP contribution in [0.25, 0.3) is 11.4 Å². The van der Waals surface area contributed by atoms with Gasteiger partial charge in [0.1, 0.15) is 11.9 Å².